The van der Waals surface area contributed by atoms with Gasteiger partial charge in [0.25, 0.3) is 11.8 Å². The van der Waals surface area contributed by atoms with Gasteiger partial charge in [0.05, 0.1) is 11.3 Å². The normalized spacial score (nSPS) is 10.3. The Labute approximate surface area is 124 Å². The lowest BCUT2D eigenvalue weighted by Crippen LogP contribution is -2.18. The Morgan fingerprint density at radius 1 is 1.40 bits per heavy atom. The van der Waals surface area contributed by atoms with E-state index in [2.05, 4.69) is 26.3 Å². The fourth-order valence-corrected chi connectivity index (χ4v) is 2.16. The zero-order valence-corrected chi connectivity index (χ0v) is 12.3. The number of amides is 2. The summed E-state index contributed by atoms with van der Waals surface area (Å²) in [6.07, 6.45) is 1.58. The number of rotatable bonds is 4. The third-order valence-corrected chi connectivity index (χ3v) is 3.38. The van der Waals surface area contributed by atoms with Gasteiger partial charge in [-0.05, 0) is 35.0 Å². The number of nitrogens with two attached hydrogens (primary N) is 1. The monoisotopic (exact) mass is 336 g/mol. The fraction of sp³-hybridized carbons (Fsp3) is 0.154. The molecule has 0 atom stereocenters. The maximum atomic E-state index is 12.2. The molecule has 20 heavy (non-hydrogen) atoms. The third kappa shape index (κ3) is 2.88. The first-order chi connectivity index (χ1) is 9.52. The third-order valence-electron chi connectivity index (χ3n) is 2.69. The Morgan fingerprint density at radius 3 is 2.70 bits per heavy atom. The van der Waals surface area contributed by atoms with Crippen LogP contribution in [0.25, 0.3) is 0 Å². The van der Waals surface area contributed by atoms with Gasteiger partial charge in [0, 0.05) is 17.2 Å². The lowest BCUT2D eigenvalue weighted by Gasteiger charge is -2.05. The van der Waals surface area contributed by atoms with E-state index in [1.807, 2.05) is 13.0 Å². The van der Waals surface area contributed by atoms with Gasteiger partial charge in [-0.15, -0.1) is 0 Å². The highest BCUT2D eigenvalue weighted by Gasteiger charge is 2.17. The standard InChI is InChI=1S/C13H13BrN4O2/c1-2-18-7-10(11(17-18)12(15)19)16-13(20)8-5-3-4-6-9(8)14/h3-7H,2H2,1H3,(H2,15,19)(H,16,20). The van der Waals surface area contributed by atoms with Gasteiger partial charge in [-0.2, -0.15) is 5.10 Å². The van der Waals surface area contributed by atoms with Crippen molar-refractivity contribution in [1.29, 1.82) is 0 Å². The van der Waals surface area contributed by atoms with E-state index in [1.54, 1.807) is 24.4 Å². The molecule has 0 saturated heterocycles. The molecule has 0 aliphatic rings. The number of aromatic nitrogens is 2. The Morgan fingerprint density at radius 2 is 2.10 bits per heavy atom. The minimum Gasteiger partial charge on any atom is -0.364 e. The van der Waals surface area contributed by atoms with Crippen molar-refractivity contribution in [2.24, 2.45) is 5.73 Å². The minimum absolute atomic E-state index is 0.0484. The van der Waals surface area contributed by atoms with Crippen molar-refractivity contribution in [3.63, 3.8) is 0 Å². The summed E-state index contributed by atoms with van der Waals surface area (Å²) in [6, 6.07) is 7.00. The van der Waals surface area contributed by atoms with E-state index in [0.29, 0.717) is 22.3 Å². The van der Waals surface area contributed by atoms with Crippen LogP contribution < -0.4 is 11.1 Å². The molecule has 0 aliphatic heterocycles. The molecule has 3 N–H and O–H groups in total. The van der Waals surface area contributed by atoms with Crippen LogP contribution in [0.5, 0.6) is 0 Å². The van der Waals surface area contributed by atoms with E-state index in [0.717, 1.165) is 0 Å². The van der Waals surface area contributed by atoms with Crippen LogP contribution in [0, 0.1) is 0 Å². The number of halogens is 1. The second kappa shape index (κ2) is 5.87. The largest absolute Gasteiger partial charge is 0.364 e. The Balaban J connectivity index is 2.30. The van der Waals surface area contributed by atoms with E-state index in [1.165, 1.54) is 4.68 Å². The topological polar surface area (TPSA) is 90.0 Å². The quantitative estimate of drug-likeness (QED) is 0.894. The molecule has 0 spiro atoms. The van der Waals surface area contributed by atoms with Crippen molar-refractivity contribution in [3.8, 4) is 0 Å². The molecule has 6 nitrogen and oxygen atoms in total. The van der Waals surface area contributed by atoms with Gasteiger partial charge in [0.15, 0.2) is 5.69 Å². The van der Waals surface area contributed by atoms with Crippen LogP contribution in [0.1, 0.15) is 27.8 Å². The molecule has 1 aromatic heterocycles. The van der Waals surface area contributed by atoms with E-state index in [9.17, 15) is 9.59 Å². The van der Waals surface area contributed by atoms with Crippen LogP contribution in [0.4, 0.5) is 5.69 Å². The molecule has 0 unspecified atom stereocenters. The molecule has 2 amide bonds. The smallest absolute Gasteiger partial charge is 0.271 e. The molecule has 2 rings (SSSR count). The summed E-state index contributed by atoms with van der Waals surface area (Å²) in [5.74, 6) is -1.02. The maximum Gasteiger partial charge on any atom is 0.271 e. The number of benzene rings is 1. The number of hydrogen-bond donors (Lipinski definition) is 2. The Bertz CT molecular complexity index is 666. The lowest BCUT2D eigenvalue weighted by molar-refractivity contribution is 0.0995. The van der Waals surface area contributed by atoms with Gasteiger partial charge in [-0.3, -0.25) is 14.3 Å². The van der Waals surface area contributed by atoms with E-state index in [4.69, 9.17) is 5.73 Å². The molecule has 0 bridgehead atoms. The second-order valence-corrected chi connectivity index (χ2v) is 4.90. The maximum absolute atomic E-state index is 12.2. The van der Waals surface area contributed by atoms with Crippen LogP contribution in [-0.2, 0) is 6.54 Å². The summed E-state index contributed by atoms with van der Waals surface area (Å²) < 4.78 is 2.21. The van der Waals surface area contributed by atoms with Crippen molar-refractivity contribution in [3.05, 3.63) is 46.2 Å². The molecule has 0 aliphatic carbocycles. The van der Waals surface area contributed by atoms with Gasteiger partial charge in [0.2, 0.25) is 0 Å². The van der Waals surface area contributed by atoms with Crippen molar-refractivity contribution in [2.75, 3.05) is 5.32 Å². The van der Waals surface area contributed by atoms with E-state index < -0.39 is 5.91 Å². The number of carbonyl (C=O) groups is 2. The van der Waals surface area contributed by atoms with Crippen LogP contribution in [0.2, 0.25) is 0 Å². The van der Waals surface area contributed by atoms with E-state index in [-0.39, 0.29) is 11.6 Å². The summed E-state index contributed by atoms with van der Waals surface area (Å²) in [6.45, 7) is 2.45. The number of carbonyl (C=O) groups excluding carboxylic acids is 2. The van der Waals surface area contributed by atoms with Gasteiger partial charge in [-0.25, -0.2) is 0 Å². The highest BCUT2D eigenvalue weighted by atomic mass is 79.9. The molecular formula is C13H13BrN4O2. The number of nitrogens with one attached hydrogen (secondary N) is 1. The summed E-state index contributed by atoms with van der Waals surface area (Å²) in [7, 11) is 0. The molecule has 0 fully saturated rings. The fourth-order valence-electron chi connectivity index (χ4n) is 1.69. The first kappa shape index (κ1) is 14.3. The average Bonchev–Trinajstić information content (AvgIpc) is 2.82. The van der Waals surface area contributed by atoms with Crippen LogP contribution in [-0.4, -0.2) is 21.6 Å². The Kier molecular flexibility index (Phi) is 4.19. The summed E-state index contributed by atoms with van der Waals surface area (Å²) >= 11 is 3.30. The molecule has 7 heteroatoms. The molecule has 0 saturated carbocycles. The van der Waals surface area contributed by atoms with Crippen LogP contribution in [0.3, 0.4) is 0 Å². The average molecular weight is 337 g/mol. The van der Waals surface area contributed by atoms with Gasteiger partial charge < -0.3 is 11.1 Å². The number of hydrogen-bond acceptors (Lipinski definition) is 3. The SMILES string of the molecule is CCn1cc(NC(=O)c2ccccc2Br)c(C(N)=O)n1. The first-order valence-electron chi connectivity index (χ1n) is 5.96. The Hall–Kier alpha value is -2.15. The van der Waals surface area contributed by atoms with Gasteiger partial charge in [0.1, 0.15) is 0 Å². The molecular weight excluding hydrogens is 324 g/mol. The van der Waals surface area contributed by atoms with Crippen molar-refractivity contribution < 1.29 is 9.59 Å². The molecule has 2 aromatic rings. The molecule has 104 valence electrons. The summed E-state index contributed by atoms with van der Waals surface area (Å²) in [5, 5.41) is 6.66. The van der Waals surface area contributed by atoms with Gasteiger partial charge >= 0.3 is 0 Å². The van der Waals surface area contributed by atoms with Crippen LogP contribution >= 0.6 is 15.9 Å². The highest BCUT2D eigenvalue weighted by molar-refractivity contribution is 9.10. The summed E-state index contributed by atoms with van der Waals surface area (Å²) in [5.41, 5.74) is 6.07. The lowest BCUT2D eigenvalue weighted by atomic mass is 10.2. The van der Waals surface area contributed by atoms with Gasteiger partial charge in [-0.1, -0.05) is 12.1 Å². The predicted molar refractivity (Wildman–Crippen MR) is 78.5 cm³/mol. The zero-order valence-electron chi connectivity index (χ0n) is 10.8. The first-order valence-corrected chi connectivity index (χ1v) is 6.75. The van der Waals surface area contributed by atoms with Crippen molar-refractivity contribution >= 4 is 33.4 Å². The zero-order chi connectivity index (χ0) is 14.7. The number of aryl methyl sites for hydroxylation is 1. The predicted octanol–water partition coefficient (Wildman–Crippen LogP) is 2.02. The number of nitrogens with zero attached hydrogens (tertiary/aromatic N) is 2. The van der Waals surface area contributed by atoms with Crippen molar-refractivity contribution in [1.82, 2.24) is 9.78 Å². The van der Waals surface area contributed by atoms with Crippen molar-refractivity contribution in [2.45, 2.75) is 13.5 Å². The number of anilines is 1. The second-order valence-electron chi connectivity index (χ2n) is 4.05. The van der Waals surface area contributed by atoms with Crippen LogP contribution in [0.15, 0.2) is 34.9 Å². The number of primary amides is 1. The molecule has 0 radical (unpaired) electrons. The summed E-state index contributed by atoms with van der Waals surface area (Å²) in [4.78, 5) is 23.5. The molecule has 1 aromatic carbocycles. The minimum atomic E-state index is -0.681. The highest BCUT2D eigenvalue weighted by Crippen LogP contribution is 2.19. The van der Waals surface area contributed by atoms with E-state index >= 15 is 0 Å². The molecule has 1 heterocycles.